The van der Waals surface area contributed by atoms with Gasteiger partial charge in [0.15, 0.2) is 4.73 Å². The van der Waals surface area contributed by atoms with Crippen molar-refractivity contribution in [2.45, 2.75) is 0 Å². The van der Waals surface area contributed by atoms with Crippen LogP contribution >= 0.6 is 31.9 Å². The average Bonchev–Trinajstić information content (AvgIpc) is 1.85. The van der Waals surface area contributed by atoms with Crippen molar-refractivity contribution in [3.8, 4) is 0 Å². The van der Waals surface area contributed by atoms with Crippen molar-refractivity contribution in [1.29, 1.82) is 0 Å². The summed E-state index contributed by atoms with van der Waals surface area (Å²) < 4.78 is 0.626. The number of halogens is 2. The molecule has 0 amide bonds. The maximum Gasteiger partial charge on any atom is 0.340 e. The summed E-state index contributed by atoms with van der Waals surface area (Å²) in [6.07, 6.45) is 1.23. The number of hydrogen-bond acceptors (Lipinski definition) is 3. The van der Waals surface area contributed by atoms with Gasteiger partial charge in [0.2, 0.25) is 0 Å². The molecule has 0 saturated carbocycles. The maximum absolute atomic E-state index is 10.4. The predicted molar refractivity (Wildman–Crippen MR) is 44.4 cm³/mol. The Balaban J connectivity index is 3.20. The molecule has 0 aromatic carbocycles. The van der Waals surface area contributed by atoms with Crippen LogP contribution < -0.4 is 0 Å². The van der Waals surface area contributed by atoms with Gasteiger partial charge >= 0.3 is 5.97 Å². The minimum Gasteiger partial charge on any atom is -0.478 e. The van der Waals surface area contributed by atoms with Crippen LogP contribution in [0.25, 0.3) is 0 Å². The molecule has 1 heterocycles. The molecule has 0 aliphatic carbocycles. The lowest BCUT2D eigenvalue weighted by molar-refractivity contribution is 0.0695. The second-order valence-corrected chi connectivity index (χ2v) is 3.11. The van der Waals surface area contributed by atoms with Crippen molar-refractivity contribution in [2.24, 2.45) is 0 Å². The lowest BCUT2D eigenvalue weighted by Gasteiger charge is -1.95. The van der Waals surface area contributed by atoms with Crippen LogP contribution in [0.5, 0.6) is 0 Å². The summed E-state index contributed by atoms with van der Waals surface area (Å²) in [7, 11) is 0. The summed E-state index contributed by atoms with van der Waals surface area (Å²) in [5, 5.41) is 8.53. The van der Waals surface area contributed by atoms with E-state index in [0.717, 1.165) is 0 Å². The van der Waals surface area contributed by atoms with Crippen LogP contribution in [0.1, 0.15) is 10.4 Å². The Morgan fingerprint density at radius 3 is 2.64 bits per heavy atom. The second-order valence-electron chi connectivity index (χ2n) is 1.65. The number of aromatic carboxylic acids is 1. The second kappa shape index (κ2) is 3.27. The number of carboxylic acid groups (broad SMARTS) is 1. The summed E-state index contributed by atoms with van der Waals surface area (Å²) in [5.74, 6) is -1.05. The Kier molecular flexibility index (Phi) is 2.56. The van der Waals surface area contributed by atoms with Crippen molar-refractivity contribution in [3.05, 3.63) is 21.1 Å². The maximum atomic E-state index is 10.4. The molecule has 58 valence electrons. The Hall–Kier alpha value is -0.490. The molecule has 1 aromatic rings. The number of aromatic nitrogens is 2. The van der Waals surface area contributed by atoms with Gasteiger partial charge in [-0.2, -0.15) is 0 Å². The van der Waals surface area contributed by atoms with E-state index in [2.05, 4.69) is 41.8 Å². The molecule has 0 aliphatic rings. The standard InChI is InChI=1S/C5H2Br2N2O2/c6-3-2(4(10)11)1-8-5(7)9-3/h1H,(H,10,11). The zero-order valence-corrected chi connectivity index (χ0v) is 8.26. The Labute approximate surface area is 78.9 Å². The van der Waals surface area contributed by atoms with Gasteiger partial charge in [-0.05, 0) is 31.9 Å². The predicted octanol–water partition coefficient (Wildman–Crippen LogP) is 1.70. The van der Waals surface area contributed by atoms with E-state index >= 15 is 0 Å². The van der Waals surface area contributed by atoms with Gasteiger partial charge in [-0.15, -0.1) is 0 Å². The van der Waals surface area contributed by atoms with E-state index in [0.29, 0.717) is 4.73 Å². The van der Waals surface area contributed by atoms with Gasteiger partial charge in [-0.25, -0.2) is 14.8 Å². The zero-order valence-electron chi connectivity index (χ0n) is 5.08. The lowest BCUT2D eigenvalue weighted by Crippen LogP contribution is -2.00. The Morgan fingerprint density at radius 1 is 1.55 bits per heavy atom. The molecule has 0 saturated heterocycles. The Bertz CT molecular complexity index is 303. The fourth-order valence-electron chi connectivity index (χ4n) is 0.485. The van der Waals surface area contributed by atoms with Gasteiger partial charge in [0.1, 0.15) is 10.2 Å². The summed E-state index contributed by atoms with van der Waals surface area (Å²) in [6.45, 7) is 0. The van der Waals surface area contributed by atoms with Gasteiger partial charge in [0.25, 0.3) is 0 Å². The molecule has 1 aromatic heterocycles. The number of rotatable bonds is 1. The van der Waals surface area contributed by atoms with E-state index in [9.17, 15) is 4.79 Å². The van der Waals surface area contributed by atoms with Gasteiger partial charge in [0, 0.05) is 6.20 Å². The van der Waals surface area contributed by atoms with Crippen LogP contribution in [0.3, 0.4) is 0 Å². The van der Waals surface area contributed by atoms with E-state index in [-0.39, 0.29) is 10.2 Å². The molecule has 0 fully saturated rings. The van der Waals surface area contributed by atoms with Crippen molar-refractivity contribution in [1.82, 2.24) is 9.97 Å². The third-order valence-corrected chi connectivity index (χ3v) is 1.93. The fraction of sp³-hybridized carbons (Fsp3) is 0. The third-order valence-electron chi connectivity index (χ3n) is 0.943. The van der Waals surface area contributed by atoms with Crippen molar-refractivity contribution >= 4 is 37.8 Å². The fourth-order valence-corrected chi connectivity index (χ4v) is 1.44. The van der Waals surface area contributed by atoms with Crippen molar-refractivity contribution in [2.75, 3.05) is 0 Å². The largest absolute Gasteiger partial charge is 0.478 e. The van der Waals surface area contributed by atoms with E-state index in [1.54, 1.807) is 0 Å². The molecular formula is C5H2Br2N2O2. The molecule has 0 unspecified atom stereocenters. The molecule has 1 N–H and O–H groups in total. The quantitative estimate of drug-likeness (QED) is 0.629. The molecule has 11 heavy (non-hydrogen) atoms. The normalized spacial score (nSPS) is 9.64. The zero-order chi connectivity index (χ0) is 8.43. The van der Waals surface area contributed by atoms with Crippen molar-refractivity contribution < 1.29 is 9.90 Å². The Morgan fingerprint density at radius 2 is 2.18 bits per heavy atom. The topological polar surface area (TPSA) is 63.1 Å². The molecular weight excluding hydrogens is 280 g/mol. The third kappa shape index (κ3) is 1.97. The summed E-state index contributed by atoms with van der Waals surface area (Å²) in [4.78, 5) is 17.8. The first-order valence-corrected chi connectivity index (χ1v) is 4.11. The van der Waals surface area contributed by atoms with E-state index in [1.807, 2.05) is 0 Å². The first-order chi connectivity index (χ1) is 5.11. The van der Waals surface area contributed by atoms with Crippen LogP contribution in [-0.4, -0.2) is 21.0 Å². The molecule has 6 heteroatoms. The molecule has 0 bridgehead atoms. The monoisotopic (exact) mass is 280 g/mol. The van der Waals surface area contributed by atoms with E-state index in [1.165, 1.54) is 6.20 Å². The minimum absolute atomic E-state index is 0.0493. The molecule has 0 atom stereocenters. The van der Waals surface area contributed by atoms with E-state index in [4.69, 9.17) is 5.11 Å². The summed E-state index contributed by atoms with van der Waals surface area (Å²) in [6, 6.07) is 0. The molecule has 0 radical (unpaired) electrons. The van der Waals surface area contributed by atoms with Crippen LogP contribution in [-0.2, 0) is 0 Å². The minimum atomic E-state index is -1.05. The van der Waals surface area contributed by atoms with Crippen LogP contribution in [0.4, 0.5) is 0 Å². The highest BCUT2D eigenvalue weighted by molar-refractivity contribution is 9.11. The summed E-state index contributed by atoms with van der Waals surface area (Å²) in [5.41, 5.74) is 0.0493. The summed E-state index contributed by atoms with van der Waals surface area (Å²) >= 11 is 5.99. The highest BCUT2D eigenvalue weighted by Gasteiger charge is 2.09. The average molecular weight is 282 g/mol. The number of hydrogen-bond donors (Lipinski definition) is 1. The molecule has 0 spiro atoms. The van der Waals surface area contributed by atoms with Crippen LogP contribution in [0, 0.1) is 0 Å². The SMILES string of the molecule is O=C(O)c1cnc(Br)nc1Br. The molecule has 4 nitrogen and oxygen atoms in total. The van der Waals surface area contributed by atoms with E-state index < -0.39 is 5.97 Å². The number of nitrogens with zero attached hydrogens (tertiary/aromatic N) is 2. The van der Waals surface area contributed by atoms with Gasteiger partial charge in [-0.1, -0.05) is 0 Å². The van der Waals surface area contributed by atoms with Crippen LogP contribution in [0.15, 0.2) is 15.5 Å². The molecule has 0 aliphatic heterocycles. The number of carbonyl (C=O) groups is 1. The smallest absolute Gasteiger partial charge is 0.340 e. The van der Waals surface area contributed by atoms with Gasteiger partial charge in [-0.3, -0.25) is 0 Å². The first kappa shape index (κ1) is 8.61. The number of carboxylic acids is 1. The van der Waals surface area contributed by atoms with Crippen molar-refractivity contribution in [3.63, 3.8) is 0 Å². The van der Waals surface area contributed by atoms with Gasteiger partial charge < -0.3 is 5.11 Å². The lowest BCUT2D eigenvalue weighted by atomic mass is 10.4. The highest BCUT2D eigenvalue weighted by atomic mass is 79.9. The first-order valence-electron chi connectivity index (χ1n) is 2.52. The van der Waals surface area contributed by atoms with Crippen LogP contribution in [0.2, 0.25) is 0 Å². The molecule has 1 rings (SSSR count). The van der Waals surface area contributed by atoms with Gasteiger partial charge in [0.05, 0.1) is 0 Å². The highest BCUT2D eigenvalue weighted by Crippen LogP contribution is 2.14.